The van der Waals surface area contributed by atoms with Gasteiger partial charge in [-0.05, 0) is 77.9 Å². The van der Waals surface area contributed by atoms with Crippen molar-refractivity contribution in [3.63, 3.8) is 0 Å². The molecule has 0 saturated heterocycles. The number of carbonyl (C=O) groups is 2. The van der Waals surface area contributed by atoms with Crippen LogP contribution in [0.4, 0.5) is 9.59 Å². The van der Waals surface area contributed by atoms with Crippen molar-refractivity contribution >= 4 is 55.6 Å². The first-order chi connectivity index (χ1) is 27.4. The maximum atomic E-state index is 13.0. The van der Waals surface area contributed by atoms with Gasteiger partial charge in [-0.1, -0.05) is 72.4 Å². The van der Waals surface area contributed by atoms with E-state index in [0.717, 1.165) is 21.5 Å². The number of sulfone groups is 1. The van der Waals surface area contributed by atoms with Gasteiger partial charge in [0.25, 0.3) is 0 Å². The Bertz CT molecular complexity index is 2400. The number of nitrogens with zero attached hydrogens (tertiary/aromatic N) is 2. The summed E-state index contributed by atoms with van der Waals surface area (Å²) in [6, 6.07) is 29.8. The van der Waals surface area contributed by atoms with Crippen molar-refractivity contribution < 1.29 is 37.0 Å². The largest absolute Gasteiger partial charge is 0.490 e. The van der Waals surface area contributed by atoms with Gasteiger partial charge >= 0.3 is 12.2 Å². The highest BCUT2D eigenvalue weighted by Gasteiger charge is 2.24. The van der Waals surface area contributed by atoms with Gasteiger partial charge in [-0.15, -0.1) is 0 Å². The molecule has 0 bridgehead atoms. The van der Waals surface area contributed by atoms with Crippen molar-refractivity contribution in [1.82, 2.24) is 19.8 Å². The molecule has 2 N–H and O–H groups in total. The first-order valence-electron chi connectivity index (χ1n) is 18.8. The zero-order chi connectivity index (χ0) is 42.1. The van der Waals surface area contributed by atoms with Gasteiger partial charge in [-0.25, -0.2) is 18.0 Å². The molecular weight excluding hydrogens is 777 g/mol. The van der Waals surface area contributed by atoms with E-state index in [1.807, 2.05) is 78.1 Å². The minimum absolute atomic E-state index is 0.194. The van der Waals surface area contributed by atoms with Gasteiger partial charge in [0, 0.05) is 47.1 Å². The van der Waals surface area contributed by atoms with Crippen molar-refractivity contribution in [3.05, 3.63) is 109 Å². The Balaban J connectivity index is 0.000000221. The Morgan fingerprint density at radius 2 is 1.09 bits per heavy atom. The number of carbonyl (C=O) groups excluding carboxylic acids is 2. The lowest BCUT2D eigenvalue weighted by Crippen LogP contribution is -2.36. The van der Waals surface area contributed by atoms with E-state index in [-0.39, 0.29) is 22.5 Å². The van der Waals surface area contributed by atoms with Crippen molar-refractivity contribution in [3.8, 4) is 11.5 Å². The number of aromatic amines is 2. The third kappa shape index (κ3) is 11.7. The quantitative estimate of drug-likeness (QED) is 0.123. The predicted octanol–water partition coefficient (Wildman–Crippen LogP) is 9.81. The number of hydrogen-bond acceptors (Lipinski definition) is 9. The number of rotatable bonds is 12. The van der Waals surface area contributed by atoms with Crippen LogP contribution in [0.3, 0.4) is 0 Å². The molecule has 4 aromatic carbocycles. The second kappa shape index (κ2) is 18.8. The van der Waals surface area contributed by atoms with Crippen molar-refractivity contribution in [2.24, 2.45) is 0 Å². The molecule has 0 radical (unpaired) electrons. The Hall–Kier alpha value is -5.60. The number of nitrogens with one attached hydrogen (secondary N) is 2. The number of ether oxygens (including phenoxy) is 4. The number of benzene rings is 4. The maximum absolute atomic E-state index is 13.0. The van der Waals surface area contributed by atoms with Crippen LogP contribution in [0.15, 0.2) is 129 Å². The smallest absolute Gasteiger partial charge is 0.410 e. The first-order valence-corrected chi connectivity index (χ1v) is 21.1. The highest BCUT2D eigenvalue weighted by atomic mass is 32.2. The van der Waals surface area contributed by atoms with Crippen LogP contribution in [0.1, 0.15) is 41.5 Å². The van der Waals surface area contributed by atoms with Crippen molar-refractivity contribution in [2.75, 3.05) is 40.4 Å². The molecule has 0 spiro atoms. The molecule has 0 aliphatic rings. The van der Waals surface area contributed by atoms with E-state index in [9.17, 15) is 18.0 Å². The van der Waals surface area contributed by atoms with Gasteiger partial charge in [0.1, 0.15) is 35.9 Å². The Kier molecular flexibility index (Phi) is 14.1. The van der Waals surface area contributed by atoms with E-state index >= 15 is 0 Å². The molecule has 58 heavy (non-hydrogen) atoms. The topological polar surface area (TPSA) is 143 Å². The molecule has 0 unspecified atom stereocenters. The summed E-state index contributed by atoms with van der Waals surface area (Å²) < 4.78 is 48.4. The van der Waals surface area contributed by atoms with E-state index in [2.05, 4.69) is 28.2 Å². The normalized spacial score (nSPS) is 11.7. The number of amides is 2. The summed E-state index contributed by atoms with van der Waals surface area (Å²) in [5, 5.41) is 1.67. The molecule has 14 heteroatoms. The van der Waals surface area contributed by atoms with E-state index in [4.69, 9.17) is 18.9 Å². The van der Waals surface area contributed by atoms with Crippen LogP contribution >= 0.6 is 11.8 Å². The van der Waals surface area contributed by atoms with Crippen LogP contribution in [0, 0.1) is 0 Å². The third-order valence-corrected chi connectivity index (χ3v) is 11.2. The summed E-state index contributed by atoms with van der Waals surface area (Å²) in [7, 11) is -0.312. The van der Waals surface area contributed by atoms with Gasteiger partial charge in [-0.3, -0.25) is 0 Å². The summed E-state index contributed by atoms with van der Waals surface area (Å²) in [6.45, 7) is 12.4. The molecule has 2 aromatic heterocycles. The number of likely N-dealkylation sites (N-methyl/N-ethyl adjacent to an activating group) is 2. The summed E-state index contributed by atoms with van der Waals surface area (Å²) in [5.74, 6) is 1.29. The van der Waals surface area contributed by atoms with Crippen molar-refractivity contribution in [2.45, 2.75) is 72.3 Å². The molecular formula is C44H52N4O8S2. The molecule has 0 aliphatic carbocycles. The maximum Gasteiger partial charge on any atom is 0.410 e. The van der Waals surface area contributed by atoms with Crippen LogP contribution in [0.5, 0.6) is 11.5 Å². The summed E-state index contributed by atoms with van der Waals surface area (Å²) in [5.41, 5.74) is 0.477. The van der Waals surface area contributed by atoms with Crippen LogP contribution < -0.4 is 9.47 Å². The molecule has 0 aliphatic heterocycles. The second-order valence-electron chi connectivity index (χ2n) is 15.4. The lowest BCUT2D eigenvalue weighted by molar-refractivity contribution is 0.0269. The van der Waals surface area contributed by atoms with Crippen LogP contribution in [-0.4, -0.2) is 92.0 Å². The summed E-state index contributed by atoms with van der Waals surface area (Å²) in [6.07, 6.45) is 2.70. The predicted molar refractivity (Wildman–Crippen MR) is 228 cm³/mol. The molecule has 0 atom stereocenters. The van der Waals surface area contributed by atoms with E-state index < -0.39 is 27.1 Å². The van der Waals surface area contributed by atoms with Crippen molar-refractivity contribution in [1.29, 1.82) is 0 Å². The Morgan fingerprint density at radius 1 is 0.621 bits per heavy atom. The first kappa shape index (κ1) is 43.5. The Labute approximate surface area is 344 Å². The lowest BCUT2D eigenvalue weighted by atomic mass is 10.2. The fourth-order valence-corrected chi connectivity index (χ4v) is 7.93. The average Bonchev–Trinajstić information content (AvgIpc) is 3.80. The Morgan fingerprint density at radius 3 is 1.60 bits per heavy atom. The number of hydrogen-bond donors (Lipinski definition) is 2. The third-order valence-electron chi connectivity index (χ3n) is 8.37. The molecule has 0 saturated carbocycles. The standard InChI is InChI=1S/C22H26N2O5S.C22H26N2O3S/c1-22(2,3)29-21(25)24(4)13-14-28-18-12-8-11-17-19(15-23-20(17)18)30(26,27)16-9-6-5-7-10-16;1-22(2,3)27-21(25)24(4)13-14-26-18-12-8-11-17-19(15-23-20(17)18)28-16-9-6-5-7-10-16/h5-12,15,23H,13-14H2,1-4H3;5-12,15,23H,13-14H2,1-4H3. The average molecular weight is 829 g/mol. The fourth-order valence-electron chi connectivity index (χ4n) is 5.54. The zero-order valence-electron chi connectivity index (χ0n) is 34.2. The number of H-pyrrole nitrogens is 2. The van der Waals surface area contributed by atoms with Crippen LogP contribution in [0.2, 0.25) is 0 Å². The molecule has 6 rings (SSSR count). The van der Waals surface area contributed by atoms with Gasteiger partial charge in [-0.2, -0.15) is 0 Å². The fraction of sp³-hybridized carbons (Fsp3) is 0.318. The van der Waals surface area contributed by atoms with Gasteiger partial charge in [0.05, 0.1) is 33.9 Å². The monoisotopic (exact) mass is 828 g/mol. The van der Waals surface area contributed by atoms with E-state index in [1.54, 1.807) is 74.4 Å². The van der Waals surface area contributed by atoms with Gasteiger partial charge < -0.3 is 38.7 Å². The second-order valence-corrected chi connectivity index (χ2v) is 18.4. The SMILES string of the molecule is CN(CCOc1cccc2c(S(=O)(=O)c3ccccc3)c[nH]c12)C(=O)OC(C)(C)C.CN(CCOc1cccc2c(Sc3ccccc3)c[nH]c12)C(=O)OC(C)(C)C. The summed E-state index contributed by atoms with van der Waals surface area (Å²) in [4.78, 5) is 36.1. The molecule has 2 heterocycles. The van der Waals surface area contributed by atoms with E-state index in [0.29, 0.717) is 36.3 Å². The molecule has 6 aromatic rings. The number of aromatic nitrogens is 2. The number of para-hydroxylation sites is 2. The lowest BCUT2D eigenvalue weighted by Gasteiger charge is -2.24. The minimum Gasteiger partial charge on any atom is -0.490 e. The summed E-state index contributed by atoms with van der Waals surface area (Å²) >= 11 is 1.71. The van der Waals surface area contributed by atoms with Crippen LogP contribution in [-0.2, 0) is 19.3 Å². The van der Waals surface area contributed by atoms with Gasteiger partial charge in [0.15, 0.2) is 0 Å². The minimum atomic E-state index is -3.66. The highest BCUT2D eigenvalue weighted by molar-refractivity contribution is 7.99. The molecule has 308 valence electrons. The van der Waals surface area contributed by atoms with E-state index in [1.165, 1.54) is 20.9 Å². The molecule has 2 amide bonds. The zero-order valence-corrected chi connectivity index (χ0v) is 35.8. The number of fused-ring (bicyclic) bond motifs is 2. The molecule has 0 fully saturated rings. The molecule has 12 nitrogen and oxygen atoms in total. The van der Waals surface area contributed by atoms with Crippen LogP contribution in [0.25, 0.3) is 21.8 Å². The van der Waals surface area contributed by atoms with Gasteiger partial charge in [0.2, 0.25) is 9.84 Å². The highest BCUT2D eigenvalue weighted by Crippen LogP contribution is 2.37.